The normalized spacial score (nSPS) is 15.7. The first-order valence-corrected chi connectivity index (χ1v) is 6.78. The highest BCUT2D eigenvalue weighted by Gasteiger charge is 2.37. The molecular weight excluding hydrogens is 261 g/mol. The van der Waals surface area contributed by atoms with E-state index in [9.17, 15) is 14.0 Å². The topological polar surface area (TPSA) is 57.6 Å². The van der Waals surface area contributed by atoms with Gasteiger partial charge in [-0.1, -0.05) is 18.2 Å². The summed E-state index contributed by atoms with van der Waals surface area (Å²) < 4.78 is 13.5. The zero-order chi connectivity index (χ0) is 14.7. The molecule has 20 heavy (non-hydrogen) atoms. The lowest BCUT2D eigenvalue weighted by Crippen LogP contribution is -2.44. The summed E-state index contributed by atoms with van der Waals surface area (Å²) in [4.78, 5) is 24.7. The number of hydrogen-bond acceptors (Lipinski definition) is 2. The second kappa shape index (κ2) is 6.03. The third kappa shape index (κ3) is 3.35. The van der Waals surface area contributed by atoms with Crippen molar-refractivity contribution in [3.8, 4) is 0 Å². The van der Waals surface area contributed by atoms with Crippen molar-refractivity contribution >= 4 is 11.9 Å². The van der Waals surface area contributed by atoms with Crippen LogP contribution in [0.5, 0.6) is 0 Å². The predicted molar refractivity (Wildman–Crippen MR) is 71.7 cm³/mol. The van der Waals surface area contributed by atoms with Crippen LogP contribution < -0.4 is 0 Å². The molecule has 0 aromatic heterocycles. The van der Waals surface area contributed by atoms with Crippen LogP contribution in [-0.2, 0) is 16.0 Å². The van der Waals surface area contributed by atoms with Gasteiger partial charge in [0.25, 0.3) is 0 Å². The Bertz CT molecular complexity index is 514. The Morgan fingerprint density at radius 1 is 1.40 bits per heavy atom. The molecule has 108 valence electrons. The highest BCUT2D eigenvalue weighted by atomic mass is 19.1. The van der Waals surface area contributed by atoms with E-state index in [1.54, 1.807) is 18.2 Å². The summed E-state index contributed by atoms with van der Waals surface area (Å²) in [7, 11) is 0. The highest BCUT2D eigenvalue weighted by Crippen LogP contribution is 2.29. The van der Waals surface area contributed by atoms with E-state index in [0.29, 0.717) is 12.0 Å². The SMILES string of the molecule is C[C@H](C(=O)O)N(C(=O)CCc1ccccc1F)C1CC1. The fourth-order valence-electron chi connectivity index (χ4n) is 2.28. The molecule has 1 aromatic rings. The van der Waals surface area contributed by atoms with Gasteiger partial charge in [-0.05, 0) is 37.8 Å². The van der Waals surface area contributed by atoms with Gasteiger partial charge in [0, 0.05) is 12.5 Å². The zero-order valence-electron chi connectivity index (χ0n) is 11.4. The fourth-order valence-corrected chi connectivity index (χ4v) is 2.28. The molecule has 1 amide bonds. The zero-order valence-corrected chi connectivity index (χ0v) is 11.4. The average Bonchev–Trinajstić information content (AvgIpc) is 3.22. The van der Waals surface area contributed by atoms with Gasteiger partial charge in [0.05, 0.1) is 0 Å². The van der Waals surface area contributed by atoms with Crippen LogP contribution in [0.15, 0.2) is 24.3 Å². The van der Waals surface area contributed by atoms with E-state index in [4.69, 9.17) is 5.11 Å². The van der Waals surface area contributed by atoms with Crippen LogP contribution in [0.4, 0.5) is 4.39 Å². The summed E-state index contributed by atoms with van der Waals surface area (Å²) in [6, 6.07) is 5.54. The minimum absolute atomic E-state index is 0.0363. The predicted octanol–water partition coefficient (Wildman–Crippen LogP) is 2.22. The molecule has 0 saturated heterocycles. The number of carbonyl (C=O) groups is 2. The van der Waals surface area contributed by atoms with E-state index in [2.05, 4.69) is 0 Å². The molecule has 0 aliphatic heterocycles. The number of carboxylic acids is 1. The number of nitrogens with zero attached hydrogens (tertiary/aromatic N) is 1. The number of hydrogen-bond donors (Lipinski definition) is 1. The first kappa shape index (κ1) is 14.5. The largest absolute Gasteiger partial charge is 0.480 e. The van der Waals surface area contributed by atoms with Crippen LogP contribution in [0.2, 0.25) is 0 Å². The van der Waals surface area contributed by atoms with E-state index >= 15 is 0 Å². The average molecular weight is 279 g/mol. The van der Waals surface area contributed by atoms with Crippen molar-refractivity contribution in [1.82, 2.24) is 4.90 Å². The molecule has 1 atom stereocenters. The first-order chi connectivity index (χ1) is 9.50. The Morgan fingerprint density at radius 3 is 2.60 bits per heavy atom. The Hall–Kier alpha value is -1.91. The summed E-state index contributed by atoms with van der Waals surface area (Å²) >= 11 is 0. The Morgan fingerprint density at radius 2 is 2.05 bits per heavy atom. The summed E-state index contributed by atoms with van der Waals surface area (Å²) in [6.45, 7) is 1.52. The van der Waals surface area contributed by atoms with Crippen molar-refractivity contribution in [2.24, 2.45) is 0 Å². The maximum atomic E-state index is 13.5. The summed E-state index contributed by atoms with van der Waals surface area (Å²) in [6.07, 6.45) is 2.13. The van der Waals surface area contributed by atoms with Crippen molar-refractivity contribution in [1.29, 1.82) is 0 Å². The van der Waals surface area contributed by atoms with Crippen molar-refractivity contribution in [2.75, 3.05) is 0 Å². The van der Waals surface area contributed by atoms with E-state index in [-0.39, 0.29) is 24.2 Å². The van der Waals surface area contributed by atoms with E-state index in [1.165, 1.54) is 17.9 Å². The Kier molecular flexibility index (Phi) is 4.37. The second-order valence-electron chi connectivity index (χ2n) is 5.14. The lowest BCUT2D eigenvalue weighted by molar-refractivity contribution is -0.150. The van der Waals surface area contributed by atoms with Gasteiger partial charge in [-0.15, -0.1) is 0 Å². The molecule has 1 N–H and O–H groups in total. The van der Waals surface area contributed by atoms with Crippen LogP contribution in [0.1, 0.15) is 31.7 Å². The molecule has 0 unspecified atom stereocenters. The van der Waals surface area contributed by atoms with Gasteiger partial charge >= 0.3 is 5.97 Å². The summed E-state index contributed by atoms with van der Waals surface area (Å²) in [5.74, 6) is -1.55. The van der Waals surface area contributed by atoms with Gasteiger partial charge in [-0.25, -0.2) is 9.18 Å². The molecular formula is C15H18FNO3. The standard InChI is InChI=1S/C15H18FNO3/c1-10(15(19)20)17(12-7-8-12)14(18)9-6-11-4-2-3-5-13(11)16/h2-5,10,12H,6-9H2,1H3,(H,19,20)/t10-/m1/s1. The van der Waals surface area contributed by atoms with Crippen LogP contribution in [-0.4, -0.2) is 34.0 Å². The maximum absolute atomic E-state index is 13.5. The van der Waals surface area contributed by atoms with Crippen LogP contribution in [0.3, 0.4) is 0 Å². The molecule has 5 heteroatoms. The van der Waals surface area contributed by atoms with Gasteiger partial charge in [-0.2, -0.15) is 0 Å². The molecule has 1 fully saturated rings. The van der Waals surface area contributed by atoms with Crippen molar-refractivity contribution in [3.63, 3.8) is 0 Å². The van der Waals surface area contributed by atoms with Crippen LogP contribution in [0, 0.1) is 5.82 Å². The first-order valence-electron chi connectivity index (χ1n) is 6.78. The van der Waals surface area contributed by atoms with Crippen LogP contribution in [0.25, 0.3) is 0 Å². The third-order valence-corrected chi connectivity index (χ3v) is 3.57. The number of carbonyl (C=O) groups excluding carboxylic acids is 1. The van der Waals surface area contributed by atoms with Crippen LogP contribution >= 0.6 is 0 Å². The van der Waals surface area contributed by atoms with Gasteiger partial charge < -0.3 is 10.0 Å². The van der Waals surface area contributed by atoms with Gasteiger partial charge in [0.15, 0.2) is 0 Å². The molecule has 0 spiro atoms. The summed E-state index contributed by atoms with van der Waals surface area (Å²) in [5, 5.41) is 9.05. The number of halogens is 1. The van der Waals surface area contributed by atoms with Crippen molar-refractivity contribution in [3.05, 3.63) is 35.6 Å². The molecule has 1 saturated carbocycles. The fraction of sp³-hybridized carbons (Fsp3) is 0.467. The maximum Gasteiger partial charge on any atom is 0.326 e. The van der Waals surface area contributed by atoms with E-state index in [0.717, 1.165) is 12.8 Å². The van der Waals surface area contributed by atoms with Gasteiger partial charge in [0.2, 0.25) is 5.91 Å². The van der Waals surface area contributed by atoms with Gasteiger partial charge in [0.1, 0.15) is 11.9 Å². The molecule has 0 radical (unpaired) electrons. The number of aryl methyl sites for hydroxylation is 1. The molecule has 2 rings (SSSR count). The van der Waals surface area contributed by atoms with E-state index < -0.39 is 12.0 Å². The molecule has 1 aromatic carbocycles. The summed E-state index contributed by atoms with van der Waals surface area (Å²) in [5.41, 5.74) is 0.486. The van der Waals surface area contributed by atoms with E-state index in [1.807, 2.05) is 0 Å². The lowest BCUT2D eigenvalue weighted by Gasteiger charge is -2.26. The quantitative estimate of drug-likeness (QED) is 0.868. The molecule has 0 bridgehead atoms. The lowest BCUT2D eigenvalue weighted by atomic mass is 10.1. The number of benzene rings is 1. The smallest absolute Gasteiger partial charge is 0.326 e. The molecule has 4 nitrogen and oxygen atoms in total. The number of rotatable bonds is 6. The Labute approximate surface area is 117 Å². The monoisotopic (exact) mass is 279 g/mol. The second-order valence-corrected chi connectivity index (χ2v) is 5.14. The van der Waals surface area contributed by atoms with Crippen molar-refractivity contribution in [2.45, 2.75) is 44.7 Å². The minimum atomic E-state index is -1.00. The minimum Gasteiger partial charge on any atom is -0.480 e. The highest BCUT2D eigenvalue weighted by molar-refractivity contribution is 5.84. The number of carboxylic acid groups (broad SMARTS) is 1. The number of amides is 1. The number of aliphatic carboxylic acids is 1. The Balaban J connectivity index is 1.99. The molecule has 1 aliphatic rings. The van der Waals surface area contributed by atoms with Gasteiger partial charge in [-0.3, -0.25) is 4.79 Å². The molecule has 1 aliphatic carbocycles. The van der Waals surface area contributed by atoms with Crippen molar-refractivity contribution < 1.29 is 19.1 Å². The third-order valence-electron chi connectivity index (χ3n) is 3.57. The molecule has 0 heterocycles.